The zero-order valence-corrected chi connectivity index (χ0v) is 18.6. The van der Waals surface area contributed by atoms with Crippen LogP contribution in [0, 0.1) is 6.92 Å². The summed E-state index contributed by atoms with van der Waals surface area (Å²) in [4.78, 5) is 17.0. The Hall–Kier alpha value is -2.75. The lowest BCUT2D eigenvalue weighted by molar-refractivity contribution is 0.0954. The van der Waals surface area contributed by atoms with E-state index >= 15 is 0 Å². The van der Waals surface area contributed by atoms with Crippen LogP contribution >= 0.6 is 11.3 Å². The van der Waals surface area contributed by atoms with Gasteiger partial charge in [-0.2, -0.15) is 0 Å². The van der Waals surface area contributed by atoms with Gasteiger partial charge < -0.3 is 10.1 Å². The standard InChI is InChI=1S/C21H23N3O4S2/c1-14-4-6-15(7-5-14)21-24-17(13-29-21)10-11-23-20(25)16-8-9-18(28-3)19(12-16)30(26,27)22-2/h4-9,12-13,22H,10-11H2,1-3H3,(H,23,25). The van der Waals surface area contributed by atoms with Crippen molar-refractivity contribution in [2.45, 2.75) is 18.2 Å². The van der Waals surface area contributed by atoms with E-state index in [1.165, 1.54) is 37.9 Å². The van der Waals surface area contributed by atoms with Crippen LogP contribution in [0.2, 0.25) is 0 Å². The van der Waals surface area contributed by atoms with Gasteiger partial charge in [0.05, 0.1) is 12.8 Å². The van der Waals surface area contributed by atoms with Gasteiger partial charge in [-0.25, -0.2) is 18.1 Å². The lowest BCUT2D eigenvalue weighted by atomic mass is 10.2. The Morgan fingerprint density at radius 3 is 2.57 bits per heavy atom. The first-order valence-electron chi connectivity index (χ1n) is 9.25. The fraction of sp³-hybridized carbons (Fsp3) is 0.238. The van der Waals surface area contributed by atoms with Gasteiger partial charge in [0.1, 0.15) is 15.7 Å². The van der Waals surface area contributed by atoms with Crippen LogP contribution < -0.4 is 14.8 Å². The maximum absolute atomic E-state index is 12.5. The predicted octanol–water partition coefficient (Wildman–Crippen LogP) is 3.01. The summed E-state index contributed by atoms with van der Waals surface area (Å²) in [7, 11) is -1.07. The molecule has 7 nitrogen and oxygen atoms in total. The third-order valence-electron chi connectivity index (χ3n) is 4.50. The summed E-state index contributed by atoms with van der Waals surface area (Å²) in [5.74, 6) is -0.189. The van der Waals surface area contributed by atoms with Crippen LogP contribution in [-0.2, 0) is 16.4 Å². The number of carbonyl (C=O) groups excluding carboxylic acids is 1. The molecule has 2 aromatic carbocycles. The Bertz CT molecular complexity index is 1140. The summed E-state index contributed by atoms with van der Waals surface area (Å²) in [6.45, 7) is 2.43. The lowest BCUT2D eigenvalue weighted by Gasteiger charge is -2.11. The van der Waals surface area contributed by atoms with E-state index in [1.54, 1.807) is 11.3 Å². The number of aromatic nitrogens is 1. The second-order valence-corrected chi connectivity index (χ2v) is 9.30. The highest BCUT2D eigenvalue weighted by molar-refractivity contribution is 7.89. The Balaban J connectivity index is 1.64. The highest BCUT2D eigenvalue weighted by Crippen LogP contribution is 2.25. The van der Waals surface area contributed by atoms with Gasteiger partial charge in [-0.3, -0.25) is 4.79 Å². The van der Waals surface area contributed by atoms with Crippen molar-refractivity contribution >= 4 is 27.3 Å². The Kier molecular flexibility index (Phi) is 6.86. The van der Waals surface area contributed by atoms with Crippen LogP contribution in [0.15, 0.2) is 52.7 Å². The minimum Gasteiger partial charge on any atom is -0.495 e. The molecule has 0 unspecified atom stereocenters. The molecule has 0 bridgehead atoms. The summed E-state index contributed by atoms with van der Waals surface area (Å²) in [6, 6.07) is 12.5. The van der Waals surface area contributed by atoms with Gasteiger partial charge in [0, 0.05) is 29.5 Å². The minimum atomic E-state index is -3.75. The summed E-state index contributed by atoms with van der Waals surface area (Å²) in [5.41, 5.74) is 3.40. The van der Waals surface area contributed by atoms with E-state index in [9.17, 15) is 13.2 Å². The Labute approximate surface area is 180 Å². The molecule has 1 heterocycles. The molecule has 0 saturated carbocycles. The maximum atomic E-state index is 12.5. The summed E-state index contributed by atoms with van der Waals surface area (Å²) < 4.78 is 31.7. The quantitative estimate of drug-likeness (QED) is 0.556. The number of sulfonamides is 1. The number of hydrogen-bond acceptors (Lipinski definition) is 6. The molecule has 0 fully saturated rings. The van der Waals surface area contributed by atoms with E-state index in [2.05, 4.69) is 15.0 Å². The van der Waals surface area contributed by atoms with Crippen LogP contribution in [0.3, 0.4) is 0 Å². The summed E-state index contributed by atoms with van der Waals surface area (Å²) >= 11 is 1.56. The lowest BCUT2D eigenvalue weighted by Crippen LogP contribution is -2.26. The molecule has 158 valence electrons. The third kappa shape index (κ3) is 5.05. The molecule has 0 aliphatic rings. The highest BCUT2D eigenvalue weighted by atomic mass is 32.2. The number of amides is 1. The molecular formula is C21H23N3O4S2. The zero-order chi connectivity index (χ0) is 21.7. The van der Waals surface area contributed by atoms with Gasteiger partial charge in [-0.1, -0.05) is 29.8 Å². The molecule has 3 aromatic rings. The number of rotatable bonds is 8. The second kappa shape index (κ2) is 9.38. The maximum Gasteiger partial charge on any atom is 0.251 e. The van der Waals surface area contributed by atoms with Crippen LogP contribution in [0.25, 0.3) is 10.6 Å². The molecule has 0 aliphatic carbocycles. The third-order valence-corrected chi connectivity index (χ3v) is 6.88. The van der Waals surface area contributed by atoms with E-state index in [1.807, 2.05) is 36.6 Å². The number of ether oxygens (including phenoxy) is 1. The number of aryl methyl sites for hydroxylation is 1. The topological polar surface area (TPSA) is 97.4 Å². The number of nitrogens with zero attached hydrogens (tertiary/aromatic N) is 1. The fourth-order valence-corrected chi connectivity index (χ4v) is 4.57. The van der Waals surface area contributed by atoms with Crippen molar-refractivity contribution in [1.82, 2.24) is 15.0 Å². The van der Waals surface area contributed by atoms with Crippen LogP contribution in [0.4, 0.5) is 0 Å². The molecule has 0 saturated heterocycles. The van der Waals surface area contributed by atoms with Gasteiger partial charge in [0.15, 0.2) is 0 Å². The second-order valence-electron chi connectivity index (χ2n) is 6.59. The molecule has 0 atom stereocenters. The average Bonchev–Trinajstić information content (AvgIpc) is 3.22. The number of carbonyl (C=O) groups is 1. The molecule has 0 spiro atoms. The van der Waals surface area contributed by atoms with Crippen molar-refractivity contribution in [3.8, 4) is 16.3 Å². The molecule has 1 aromatic heterocycles. The predicted molar refractivity (Wildman–Crippen MR) is 118 cm³/mol. The molecule has 0 radical (unpaired) electrons. The summed E-state index contributed by atoms with van der Waals surface area (Å²) in [5, 5.41) is 5.72. The van der Waals surface area contributed by atoms with Crippen molar-refractivity contribution in [3.63, 3.8) is 0 Å². The Morgan fingerprint density at radius 2 is 1.90 bits per heavy atom. The molecule has 2 N–H and O–H groups in total. The number of thiazole rings is 1. The molecule has 1 amide bonds. The van der Waals surface area contributed by atoms with Crippen LogP contribution in [-0.4, -0.2) is 40.0 Å². The molecular weight excluding hydrogens is 422 g/mol. The molecule has 0 aliphatic heterocycles. The normalized spacial score (nSPS) is 11.3. The van der Waals surface area contributed by atoms with E-state index in [0.29, 0.717) is 13.0 Å². The average molecular weight is 446 g/mol. The van der Waals surface area contributed by atoms with E-state index in [-0.39, 0.29) is 22.1 Å². The smallest absolute Gasteiger partial charge is 0.251 e. The first-order valence-corrected chi connectivity index (χ1v) is 11.6. The first-order chi connectivity index (χ1) is 14.3. The largest absolute Gasteiger partial charge is 0.495 e. The SMILES string of the molecule is CNS(=O)(=O)c1cc(C(=O)NCCc2csc(-c3ccc(C)cc3)n2)ccc1OC. The van der Waals surface area contributed by atoms with Crippen molar-refractivity contribution in [2.75, 3.05) is 20.7 Å². The van der Waals surface area contributed by atoms with Crippen LogP contribution in [0.5, 0.6) is 5.75 Å². The molecule has 3 rings (SSSR count). The highest BCUT2D eigenvalue weighted by Gasteiger charge is 2.20. The monoisotopic (exact) mass is 445 g/mol. The number of methoxy groups -OCH3 is 1. The summed E-state index contributed by atoms with van der Waals surface area (Å²) in [6.07, 6.45) is 0.575. The zero-order valence-electron chi connectivity index (χ0n) is 16.9. The van der Waals surface area contributed by atoms with Gasteiger partial charge in [-0.15, -0.1) is 11.3 Å². The van der Waals surface area contributed by atoms with E-state index in [4.69, 9.17) is 4.74 Å². The number of hydrogen-bond donors (Lipinski definition) is 2. The van der Waals surface area contributed by atoms with Crippen molar-refractivity contribution in [2.24, 2.45) is 0 Å². The first kappa shape index (κ1) is 21.9. The van der Waals surface area contributed by atoms with Crippen LogP contribution in [0.1, 0.15) is 21.6 Å². The van der Waals surface area contributed by atoms with Crippen molar-refractivity contribution < 1.29 is 17.9 Å². The van der Waals surface area contributed by atoms with Gasteiger partial charge >= 0.3 is 0 Å². The molecule has 30 heavy (non-hydrogen) atoms. The van der Waals surface area contributed by atoms with E-state index in [0.717, 1.165) is 16.3 Å². The number of nitrogens with one attached hydrogen (secondary N) is 2. The fourth-order valence-electron chi connectivity index (χ4n) is 2.79. The van der Waals surface area contributed by atoms with Gasteiger partial charge in [-0.05, 0) is 32.2 Å². The minimum absolute atomic E-state index is 0.0811. The number of benzene rings is 2. The van der Waals surface area contributed by atoms with Gasteiger partial charge in [0.25, 0.3) is 5.91 Å². The Morgan fingerprint density at radius 1 is 1.17 bits per heavy atom. The van der Waals surface area contributed by atoms with Gasteiger partial charge in [0.2, 0.25) is 10.0 Å². The molecule has 9 heteroatoms. The van der Waals surface area contributed by atoms with Crippen molar-refractivity contribution in [1.29, 1.82) is 0 Å². The van der Waals surface area contributed by atoms with E-state index < -0.39 is 10.0 Å². The van der Waals surface area contributed by atoms with Crippen molar-refractivity contribution in [3.05, 3.63) is 64.7 Å².